The Balaban J connectivity index is 1.90. The molecule has 3 aromatic rings. The lowest BCUT2D eigenvalue weighted by Crippen LogP contribution is -2.10. The summed E-state index contributed by atoms with van der Waals surface area (Å²) < 4.78 is 5.20. The van der Waals surface area contributed by atoms with E-state index in [9.17, 15) is 0 Å². The van der Waals surface area contributed by atoms with Crippen molar-refractivity contribution >= 4 is 17.5 Å². The summed E-state index contributed by atoms with van der Waals surface area (Å²) in [5.74, 6) is 2.71. The molecule has 0 atom stereocenters. The summed E-state index contributed by atoms with van der Waals surface area (Å²) in [4.78, 5) is 9.28. The number of nitrogens with zero attached hydrogens (tertiary/aromatic N) is 2. The highest BCUT2D eigenvalue weighted by Gasteiger charge is 2.08. The normalized spacial score (nSPS) is 10.6. The average molecular weight is 348 g/mol. The maximum absolute atomic E-state index is 5.20. The van der Waals surface area contributed by atoms with E-state index >= 15 is 0 Å². The zero-order valence-electron chi connectivity index (χ0n) is 15.4. The number of aromatic nitrogens is 2. The Morgan fingerprint density at radius 1 is 0.962 bits per heavy atom. The number of hydrogen-bond donors (Lipinski definition) is 2. The Bertz CT molecular complexity index is 832. The van der Waals surface area contributed by atoms with Gasteiger partial charge in [-0.2, -0.15) is 4.98 Å². The van der Waals surface area contributed by atoms with Gasteiger partial charge in [-0.05, 0) is 30.2 Å². The fourth-order valence-corrected chi connectivity index (χ4v) is 2.46. The molecule has 0 amide bonds. The van der Waals surface area contributed by atoms with Crippen LogP contribution in [0.3, 0.4) is 0 Å². The van der Waals surface area contributed by atoms with Crippen LogP contribution >= 0.6 is 0 Å². The lowest BCUT2D eigenvalue weighted by molar-refractivity contribution is 0.415. The minimum atomic E-state index is 0.531. The van der Waals surface area contributed by atoms with Crippen molar-refractivity contribution in [1.29, 1.82) is 0 Å². The molecule has 2 N–H and O–H groups in total. The number of methoxy groups -OCH3 is 1. The molecule has 0 aliphatic carbocycles. The molecule has 0 bridgehead atoms. The van der Waals surface area contributed by atoms with Crippen molar-refractivity contribution in [3.63, 3.8) is 0 Å². The number of benzene rings is 2. The molecule has 1 aromatic heterocycles. The number of nitrogens with one attached hydrogen (secondary N) is 2. The Morgan fingerprint density at radius 2 is 1.69 bits per heavy atom. The predicted molar refractivity (Wildman–Crippen MR) is 107 cm³/mol. The molecule has 0 radical (unpaired) electrons. The first-order chi connectivity index (χ1) is 12.6. The van der Waals surface area contributed by atoms with Crippen molar-refractivity contribution in [1.82, 2.24) is 9.97 Å². The maximum Gasteiger partial charge on any atom is 0.229 e. The van der Waals surface area contributed by atoms with E-state index in [1.807, 2.05) is 60.7 Å². The number of ether oxygens (including phenoxy) is 1. The first-order valence-electron chi connectivity index (χ1n) is 8.73. The van der Waals surface area contributed by atoms with Gasteiger partial charge in [0, 0.05) is 23.9 Å². The second-order valence-corrected chi connectivity index (χ2v) is 6.46. The summed E-state index contributed by atoms with van der Waals surface area (Å²) in [5.41, 5.74) is 2.84. The molecule has 1 heterocycles. The summed E-state index contributed by atoms with van der Waals surface area (Å²) in [6, 6.07) is 19.8. The molecule has 0 aliphatic heterocycles. The van der Waals surface area contributed by atoms with Gasteiger partial charge in [-0.15, -0.1) is 0 Å². The van der Waals surface area contributed by atoms with Gasteiger partial charge in [0.2, 0.25) is 5.95 Å². The molecule has 5 heteroatoms. The van der Waals surface area contributed by atoms with Crippen molar-refractivity contribution < 1.29 is 4.74 Å². The Kier molecular flexibility index (Phi) is 5.69. The van der Waals surface area contributed by atoms with Crippen molar-refractivity contribution in [3.05, 3.63) is 60.7 Å². The van der Waals surface area contributed by atoms with Crippen LogP contribution in [0.1, 0.15) is 13.8 Å². The minimum absolute atomic E-state index is 0.531. The summed E-state index contributed by atoms with van der Waals surface area (Å²) >= 11 is 0. The number of hydrogen-bond acceptors (Lipinski definition) is 5. The van der Waals surface area contributed by atoms with E-state index < -0.39 is 0 Å². The highest BCUT2D eigenvalue weighted by atomic mass is 16.5. The van der Waals surface area contributed by atoms with Gasteiger partial charge < -0.3 is 15.4 Å². The molecule has 134 valence electrons. The minimum Gasteiger partial charge on any atom is -0.497 e. The van der Waals surface area contributed by atoms with E-state index in [2.05, 4.69) is 34.4 Å². The Morgan fingerprint density at radius 3 is 2.35 bits per heavy atom. The van der Waals surface area contributed by atoms with Gasteiger partial charge in [0.15, 0.2) is 0 Å². The van der Waals surface area contributed by atoms with Gasteiger partial charge in [0.25, 0.3) is 0 Å². The SMILES string of the molecule is COc1ccc(Nc2nc(NCC(C)C)cc(-c3ccccc3)n2)cc1. The molecule has 0 saturated carbocycles. The third kappa shape index (κ3) is 4.72. The van der Waals surface area contributed by atoms with E-state index in [1.54, 1.807) is 7.11 Å². The van der Waals surface area contributed by atoms with E-state index in [-0.39, 0.29) is 0 Å². The van der Waals surface area contributed by atoms with Crippen LogP contribution in [-0.4, -0.2) is 23.6 Å². The van der Waals surface area contributed by atoms with E-state index in [4.69, 9.17) is 4.74 Å². The predicted octanol–water partition coefficient (Wildman–Crippen LogP) is 4.96. The number of rotatable bonds is 7. The van der Waals surface area contributed by atoms with Crippen molar-refractivity contribution in [3.8, 4) is 17.0 Å². The highest BCUT2D eigenvalue weighted by molar-refractivity contribution is 5.66. The molecule has 0 unspecified atom stereocenters. The van der Waals surface area contributed by atoms with Crippen LogP contribution in [0.25, 0.3) is 11.3 Å². The molecule has 0 aliphatic rings. The first kappa shape index (κ1) is 17.7. The summed E-state index contributed by atoms with van der Waals surface area (Å²) in [6.45, 7) is 5.19. The standard InChI is InChI=1S/C21H24N4O/c1-15(2)14-22-20-13-19(16-7-5-4-6-8-16)24-21(25-20)23-17-9-11-18(26-3)12-10-17/h4-13,15H,14H2,1-3H3,(H2,22,23,24,25). The second-order valence-electron chi connectivity index (χ2n) is 6.46. The van der Waals surface area contributed by atoms with E-state index in [0.29, 0.717) is 11.9 Å². The Hall–Kier alpha value is -3.08. The van der Waals surface area contributed by atoms with Crippen molar-refractivity contribution in [2.75, 3.05) is 24.3 Å². The average Bonchev–Trinajstić information content (AvgIpc) is 2.67. The van der Waals surface area contributed by atoms with Crippen LogP contribution in [0.4, 0.5) is 17.5 Å². The quantitative estimate of drug-likeness (QED) is 0.632. The maximum atomic E-state index is 5.20. The third-order valence-electron chi connectivity index (χ3n) is 3.83. The lowest BCUT2D eigenvalue weighted by Gasteiger charge is -2.13. The molecule has 0 saturated heterocycles. The molecular formula is C21H24N4O. The van der Waals surface area contributed by atoms with Gasteiger partial charge in [-0.3, -0.25) is 0 Å². The highest BCUT2D eigenvalue weighted by Crippen LogP contribution is 2.24. The molecule has 0 spiro atoms. The third-order valence-corrected chi connectivity index (χ3v) is 3.83. The van der Waals surface area contributed by atoms with Crippen molar-refractivity contribution in [2.24, 2.45) is 5.92 Å². The van der Waals surface area contributed by atoms with Crippen LogP contribution in [-0.2, 0) is 0 Å². The van der Waals surface area contributed by atoms with Crippen LogP contribution in [0, 0.1) is 5.92 Å². The van der Waals surface area contributed by atoms with Crippen molar-refractivity contribution in [2.45, 2.75) is 13.8 Å². The number of anilines is 3. The van der Waals surface area contributed by atoms with Crippen LogP contribution in [0.2, 0.25) is 0 Å². The summed E-state index contributed by atoms with van der Waals surface area (Å²) in [6.07, 6.45) is 0. The van der Waals surface area contributed by atoms with Gasteiger partial charge in [-0.1, -0.05) is 44.2 Å². The zero-order valence-corrected chi connectivity index (χ0v) is 15.4. The molecule has 26 heavy (non-hydrogen) atoms. The first-order valence-corrected chi connectivity index (χ1v) is 8.73. The second kappa shape index (κ2) is 8.34. The van der Waals surface area contributed by atoms with Crippen LogP contribution < -0.4 is 15.4 Å². The molecular weight excluding hydrogens is 324 g/mol. The fraction of sp³-hybridized carbons (Fsp3) is 0.238. The molecule has 0 fully saturated rings. The lowest BCUT2D eigenvalue weighted by atomic mass is 10.1. The van der Waals surface area contributed by atoms with Gasteiger partial charge in [0.05, 0.1) is 12.8 Å². The van der Waals surface area contributed by atoms with Crippen LogP contribution in [0.15, 0.2) is 60.7 Å². The molecule has 3 rings (SSSR count). The fourth-order valence-electron chi connectivity index (χ4n) is 2.46. The topological polar surface area (TPSA) is 59.1 Å². The zero-order chi connectivity index (χ0) is 18.4. The van der Waals surface area contributed by atoms with Gasteiger partial charge in [0.1, 0.15) is 11.6 Å². The summed E-state index contributed by atoms with van der Waals surface area (Å²) in [7, 11) is 1.65. The van der Waals surface area contributed by atoms with Crippen LogP contribution in [0.5, 0.6) is 5.75 Å². The van der Waals surface area contributed by atoms with E-state index in [0.717, 1.165) is 35.1 Å². The molecule has 2 aromatic carbocycles. The Labute approximate surface area is 154 Å². The monoisotopic (exact) mass is 348 g/mol. The molecule has 5 nitrogen and oxygen atoms in total. The smallest absolute Gasteiger partial charge is 0.229 e. The van der Waals surface area contributed by atoms with Gasteiger partial charge >= 0.3 is 0 Å². The van der Waals surface area contributed by atoms with Gasteiger partial charge in [-0.25, -0.2) is 4.98 Å². The summed E-state index contributed by atoms with van der Waals surface area (Å²) in [5, 5.41) is 6.66. The van der Waals surface area contributed by atoms with E-state index in [1.165, 1.54) is 0 Å². The largest absolute Gasteiger partial charge is 0.497 e.